The molecular weight excluding hydrogens is 462 g/mol. The first-order valence-corrected chi connectivity index (χ1v) is 11.1. The van der Waals surface area contributed by atoms with Gasteiger partial charge in [-0.1, -0.05) is 6.07 Å². The minimum absolute atomic E-state index is 0.131. The normalized spacial score (nSPS) is 29.1. The summed E-state index contributed by atoms with van der Waals surface area (Å²) in [6.45, 7) is 1.62. The number of carbonyl (C=O) groups excluding carboxylic acids is 1. The average Bonchev–Trinajstić information content (AvgIpc) is 3.33. The van der Waals surface area contributed by atoms with Gasteiger partial charge in [0, 0.05) is 18.6 Å². The molecule has 11 heteroatoms. The highest BCUT2D eigenvalue weighted by Crippen LogP contribution is 2.39. The lowest BCUT2D eigenvalue weighted by Gasteiger charge is -2.47. The van der Waals surface area contributed by atoms with Crippen LogP contribution in [0.1, 0.15) is 18.8 Å². The molecule has 0 aromatic heterocycles. The molecule has 6 unspecified atom stereocenters. The summed E-state index contributed by atoms with van der Waals surface area (Å²) in [5.74, 6) is 2.32. The average molecular weight is 489 g/mol. The number of carbonyl (C=O) groups is 1. The quantitative estimate of drug-likeness (QED) is 0.617. The fourth-order valence-electron chi connectivity index (χ4n) is 4.33. The Hall–Kier alpha value is -3.25. The maximum atomic E-state index is 11.9. The summed E-state index contributed by atoms with van der Waals surface area (Å²) < 4.78 is 45.5. The van der Waals surface area contributed by atoms with Gasteiger partial charge in [0.25, 0.3) is 0 Å². The number of aliphatic hydroxyl groups excluding tert-OH is 1. The number of ether oxygens (including phenoxy) is 8. The van der Waals surface area contributed by atoms with Crippen LogP contribution in [-0.2, 0) is 19.0 Å². The molecule has 3 aliphatic heterocycles. The maximum absolute atomic E-state index is 11.9. The summed E-state index contributed by atoms with van der Waals surface area (Å²) in [6, 6.07) is 9.46. The van der Waals surface area contributed by atoms with Crippen molar-refractivity contribution >= 4 is 5.91 Å². The van der Waals surface area contributed by atoms with Crippen molar-refractivity contribution in [1.82, 2.24) is 5.32 Å². The molecule has 188 valence electrons. The first-order chi connectivity index (χ1) is 17.0. The number of amides is 1. The lowest BCUT2D eigenvalue weighted by molar-refractivity contribution is -0.333. The Labute approximate surface area is 201 Å². The van der Waals surface area contributed by atoms with Gasteiger partial charge in [-0.3, -0.25) is 4.79 Å². The zero-order valence-electron chi connectivity index (χ0n) is 19.5. The molecule has 3 aliphatic rings. The molecule has 2 aromatic carbocycles. The van der Waals surface area contributed by atoms with E-state index < -0.39 is 36.9 Å². The van der Waals surface area contributed by atoms with Crippen LogP contribution in [0.4, 0.5) is 0 Å². The van der Waals surface area contributed by atoms with E-state index in [-0.39, 0.29) is 19.3 Å². The van der Waals surface area contributed by atoms with Crippen molar-refractivity contribution in [2.75, 3.05) is 27.6 Å². The molecule has 0 bridgehead atoms. The van der Waals surface area contributed by atoms with E-state index in [1.54, 1.807) is 43.5 Å². The lowest BCUT2D eigenvalue weighted by atomic mass is 9.95. The number of aliphatic hydroxyl groups is 1. The van der Waals surface area contributed by atoms with Gasteiger partial charge >= 0.3 is 0 Å². The fourth-order valence-corrected chi connectivity index (χ4v) is 4.33. The third-order valence-electron chi connectivity index (χ3n) is 6.01. The number of hydrogen-bond donors (Lipinski definition) is 2. The van der Waals surface area contributed by atoms with Gasteiger partial charge in [-0.15, -0.1) is 0 Å². The number of methoxy groups -OCH3 is 2. The summed E-state index contributed by atoms with van der Waals surface area (Å²) in [5.41, 5.74) is 0.683. The number of nitrogens with one attached hydrogen (secondary N) is 1. The zero-order valence-corrected chi connectivity index (χ0v) is 19.5. The molecule has 0 saturated carbocycles. The van der Waals surface area contributed by atoms with Crippen molar-refractivity contribution in [2.24, 2.45) is 0 Å². The van der Waals surface area contributed by atoms with Crippen LogP contribution in [0.3, 0.4) is 0 Å². The van der Waals surface area contributed by atoms with Gasteiger partial charge in [0.05, 0.1) is 20.8 Å². The van der Waals surface area contributed by atoms with E-state index in [0.29, 0.717) is 34.3 Å². The predicted molar refractivity (Wildman–Crippen MR) is 119 cm³/mol. The van der Waals surface area contributed by atoms with Crippen LogP contribution in [0.25, 0.3) is 0 Å². The van der Waals surface area contributed by atoms with Crippen LogP contribution in [0.2, 0.25) is 0 Å². The molecule has 11 nitrogen and oxygen atoms in total. The van der Waals surface area contributed by atoms with Gasteiger partial charge in [0.1, 0.15) is 30.1 Å². The Morgan fingerprint density at radius 3 is 2.60 bits per heavy atom. The van der Waals surface area contributed by atoms with E-state index >= 15 is 0 Å². The summed E-state index contributed by atoms with van der Waals surface area (Å²) >= 11 is 0. The molecule has 2 N–H and O–H groups in total. The van der Waals surface area contributed by atoms with Crippen molar-refractivity contribution in [3.8, 4) is 28.7 Å². The molecule has 0 spiro atoms. The van der Waals surface area contributed by atoms with Gasteiger partial charge in [-0.25, -0.2) is 0 Å². The molecule has 0 aliphatic carbocycles. The van der Waals surface area contributed by atoms with Crippen LogP contribution in [-0.4, -0.2) is 69.3 Å². The van der Waals surface area contributed by atoms with Crippen molar-refractivity contribution < 1.29 is 47.8 Å². The van der Waals surface area contributed by atoms with Crippen molar-refractivity contribution in [3.63, 3.8) is 0 Å². The summed E-state index contributed by atoms with van der Waals surface area (Å²) in [5, 5.41) is 13.9. The molecule has 5 rings (SSSR count). The third-order valence-corrected chi connectivity index (χ3v) is 6.01. The minimum Gasteiger partial charge on any atom is -0.493 e. The van der Waals surface area contributed by atoms with Crippen LogP contribution >= 0.6 is 0 Å². The van der Waals surface area contributed by atoms with Crippen LogP contribution in [0.5, 0.6) is 28.7 Å². The Bertz CT molecular complexity index is 1080. The molecule has 2 fully saturated rings. The van der Waals surface area contributed by atoms with Gasteiger partial charge in [-0.05, 0) is 24.3 Å². The Morgan fingerprint density at radius 1 is 1.03 bits per heavy atom. The second-order valence-electron chi connectivity index (χ2n) is 8.27. The molecule has 1 amide bonds. The van der Waals surface area contributed by atoms with Crippen LogP contribution in [0.15, 0.2) is 36.4 Å². The van der Waals surface area contributed by atoms with E-state index in [9.17, 15) is 9.90 Å². The van der Waals surface area contributed by atoms with Crippen molar-refractivity contribution in [1.29, 1.82) is 0 Å². The van der Waals surface area contributed by atoms with E-state index in [0.717, 1.165) is 0 Å². The molecule has 2 aromatic rings. The second-order valence-corrected chi connectivity index (χ2v) is 8.27. The SMILES string of the molecule is COc1ccc(C2OCC3OC(Oc4ccc5c(c4)OCO5)C(NC(C)=O)C(O)C3O2)cc1OC. The number of benzene rings is 2. The van der Waals surface area contributed by atoms with Crippen LogP contribution < -0.4 is 29.0 Å². The smallest absolute Gasteiger partial charge is 0.231 e. The highest BCUT2D eigenvalue weighted by Gasteiger charge is 2.50. The molecule has 2 saturated heterocycles. The summed E-state index contributed by atoms with van der Waals surface area (Å²) in [7, 11) is 3.09. The molecule has 3 heterocycles. The predicted octanol–water partition coefficient (Wildman–Crippen LogP) is 1.52. The summed E-state index contributed by atoms with van der Waals surface area (Å²) in [6.07, 6.45) is -4.33. The van der Waals surface area contributed by atoms with Gasteiger partial charge in [0.2, 0.25) is 19.0 Å². The topological polar surface area (TPSA) is 123 Å². The highest BCUT2D eigenvalue weighted by atomic mass is 16.7. The summed E-state index contributed by atoms with van der Waals surface area (Å²) in [4.78, 5) is 11.9. The van der Waals surface area contributed by atoms with E-state index in [2.05, 4.69) is 5.32 Å². The Balaban J connectivity index is 1.34. The minimum atomic E-state index is -1.14. The molecule has 6 atom stereocenters. The van der Waals surface area contributed by atoms with Gasteiger partial charge in [-0.2, -0.15) is 0 Å². The maximum Gasteiger partial charge on any atom is 0.231 e. The molecule has 0 radical (unpaired) electrons. The Morgan fingerprint density at radius 2 is 1.83 bits per heavy atom. The first-order valence-electron chi connectivity index (χ1n) is 11.1. The highest BCUT2D eigenvalue weighted by molar-refractivity contribution is 5.73. The third kappa shape index (κ3) is 4.67. The van der Waals surface area contributed by atoms with Crippen molar-refractivity contribution in [2.45, 2.75) is 43.9 Å². The van der Waals surface area contributed by atoms with Gasteiger partial charge in [0.15, 0.2) is 29.3 Å². The standard InChI is InChI=1S/C24H27NO10/c1-12(26)25-20-21(27)22-19(34-24(20)33-14-5-7-16-18(9-14)32-11-31-16)10-30-23(35-22)13-4-6-15(28-2)17(8-13)29-3/h4-9,19-24,27H,10-11H2,1-3H3,(H,25,26). The number of rotatable bonds is 6. The zero-order chi connectivity index (χ0) is 24.5. The number of fused-ring (bicyclic) bond motifs is 2. The van der Waals surface area contributed by atoms with Gasteiger partial charge < -0.3 is 48.3 Å². The molecule has 35 heavy (non-hydrogen) atoms. The Kier molecular flexibility index (Phi) is 6.56. The number of hydrogen-bond acceptors (Lipinski definition) is 10. The lowest BCUT2D eigenvalue weighted by Crippen LogP contribution is -2.67. The van der Waals surface area contributed by atoms with E-state index in [1.807, 2.05) is 0 Å². The van der Waals surface area contributed by atoms with Crippen molar-refractivity contribution in [3.05, 3.63) is 42.0 Å². The van der Waals surface area contributed by atoms with E-state index in [4.69, 9.17) is 37.9 Å². The first kappa shape index (κ1) is 23.5. The van der Waals surface area contributed by atoms with E-state index in [1.165, 1.54) is 14.0 Å². The van der Waals surface area contributed by atoms with Crippen LogP contribution in [0, 0.1) is 0 Å². The fraction of sp³-hybridized carbons (Fsp3) is 0.458. The largest absolute Gasteiger partial charge is 0.493 e. The second kappa shape index (κ2) is 9.78. The molecular formula is C24H27NO10. The monoisotopic (exact) mass is 489 g/mol.